The monoisotopic (exact) mass is 292 g/mol. The number of carboxylic acids is 1. The van der Waals surface area contributed by atoms with Crippen LogP contribution >= 0.6 is 0 Å². The van der Waals surface area contributed by atoms with Crippen LogP contribution in [0.1, 0.15) is 12.0 Å². The van der Waals surface area contributed by atoms with Crippen molar-refractivity contribution in [3.63, 3.8) is 0 Å². The number of carbonyl (C=O) groups is 2. The summed E-state index contributed by atoms with van der Waals surface area (Å²) in [6.45, 7) is 1.20. The van der Waals surface area contributed by atoms with Crippen LogP contribution in [-0.2, 0) is 9.53 Å². The van der Waals surface area contributed by atoms with E-state index in [9.17, 15) is 9.59 Å². The van der Waals surface area contributed by atoms with Crippen molar-refractivity contribution in [2.75, 3.05) is 32.6 Å². The van der Waals surface area contributed by atoms with Gasteiger partial charge in [0.1, 0.15) is 0 Å². The number of ether oxygens (including phenoxy) is 1. The van der Waals surface area contributed by atoms with Crippen LogP contribution in [0, 0.1) is 0 Å². The lowest BCUT2D eigenvalue weighted by molar-refractivity contribution is -0.131. The Labute approximate surface area is 124 Å². The molecule has 6 heteroatoms. The second-order valence-corrected chi connectivity index (χ2v) is 4.50. The second-order valence-electron chi connectivity index (χ2n) is 4.50. The van der Waals surface area contributed by atoms with Crippen molar-refractivity contribution in [1.82, 2.24) is 4.90 Å². The lowest BCUT2D eigenvalue weighted by Gasteiger charge is -2.17. The number of nitrogens with one attached hydrogen (secondary N) is 1. The third kappa shape index (κ3) is 6.58. The standard InChI is InChI=1S/C15H20N2O4/c1-17(9-4-10-21-2)15(20)16-13-6-3-5-12(11-13)7-8-14(18)19/h3,5-8,11H,4,9-10H2,1-2H3,(H,16,20)(H,18,19)/b8-7+. The van der Waals surface area contributed by atoms with Crippen molar-refractivity contribution in [3.05, 3.63) is 35.9 Å². The van der Waals surface area contributed by atoms with E-state index in [-0.39, 0.29) is 6.03 Å². The molecule has 0 atom stereocenters. The smallest absolute Gasteiger partial charge is 0.328 e. The molecule has 0 aliphatic rings. The van der Waals surface area contributed by atoms with Crippen LogP contribution < -0.4 is 5.32 Å². The second kappa shape index (κ2) is 8.76. The summed E-state index contributed by atoms with van der Waals surface area (Å²) >= 11 is 0. The predicted molar refractivity (Wildman–Crippen MR) is 81.3 cm³/mol. The predicted octanol–water partition coefficient (Wildman–Crippen LogP) is 2.28. The lowest BCUT2D eigenvalue weighted by Crippen LogP contribution is -2.32. The van der Waals surface area contributed by atoms with Gasteiger partial charge in [0.25, 0.3) is 0 Å². The van der Waals surface area contributed by atoms with Crippen molar-refractivity contribution < 1.29 is 19.4 Å². The van der Waals surface area contributed by atoms with E-state index in [0.29, 0.717) is 24.4 Å². The van der Waals surface area contributed by atoms with Gasteiger partial charge in [-0.15, -0.1) is 0 Å². The fourth-order valence-electron chi connectivity index (χ4n) is 1.65. The Morgan fingerprint density at radius 1 is 1.43 bits per heavy atom. The molecule has 0 heterocycles. The summed E-state index contributed by atoms with van der Waals surface area (Å²) in [6.07, 6.45) is 3.29. The number of carboxylic acid groups (broad SMARTS) is 1. The molecule has 6 nitrogen and oxygen atoms in total. The zero-order chi connectivity index (χ0) is 15.7. The molecule has 21 heavy (non-hydrogen) atoms. The van der Waals surface area contributed by atoms with Crippen molar-refractivity contribution in [3.8, 4) is 0 Å². The van der Waals surface area contributed by atoms with E-state index in [0.717, 1.165) is 12.5 Å². The number of urea groups is 1. The molecule has 1 rings (SSSR count). The summed E-state index contributed by atoms with van der Waals surface area (Å²) in [5, 5.41) is 11.4. The number of amides is 2. The molecule has 0 radical (unpaired) electrons. The Hall–Kier alpha value is -2.34. The molecule has 114 valence electrons. The van der Waals surface area contributed by atoms with E-state index < -0.39 is 5.97 Å². The first-order valence-electron chi connectivity index (χ1n) is 6.55. The van der Waals surface area contributed by atoms with Gasteiger partial charge < -0.3 is 20.1 Å². The summed E-state index contributed by atoms with van der Waals surface area (Å²) in [6, 6.07) is 6.75. The van der Waals surface area contributed by atoms with Crippen LogP contribution in [-0.4, -0.2) is 49.3 Å². The van der Waals surface area contributed by atoms with E-state index in [1.165, 1.54) is 6.08 Å². The molecule has 0 aliphatic heterocycles. The van der Waals surface area contributed by atoms with Gasteiger partial charge in [0, 0.05) is 39.1 Å². The summed E-state index contributed by atoms with van der Waals surface area (Å²) in [5.74, 6) is -1.01. The summed E-state index contributed by atoms with van der Waals surface area (Å²) in [7, 11) is 3.33. The van der Waals surface area contributed by atoms with Crippen LogP contribution in [0.15, 0.2) is 30.3 Å². The molecule has 0 bridgehead atoms. The van der Waals surface area contributed by atoms with Gasteiger partial charge >= 0.3 is 12.0 Å². The van der Waals surface area contributed by atoms with Crippen molar-refractivity contribution in [1.29, 1.82) is 0 Å². The summed E-state index contributed by atoms with van der Waals surface area (Å²) in [5.41, 5.74) is 1.32. The Bertz CT molecular complexity index is 514. The number of anilines is 1. The highest BCUT2D eigenvalue weighted by Gasteiger charge is 2.08. The highest BCUT2D eigenvalue weighted by Crippen LogP contribution is 2.12. The molecular formula is C15H20N2O4. The van der Waals surface area contributed by atoms with Crippen LogP contribution in [0.25, 0.3) is 6.08 Å². The largest absolute Gasteiger partial charge is 0.478 e. The Morgan fingerprint density at radius 2 is 2.19 bits per heavy atom. The molecule has 0 aromatic heterocycles. The number of hydrogen-bond donors (Lipinski definition) is 2. The third-order valence-corrected chi connectivity index (χ3v) is 2.74. The zero-order valence-electron chi connectivity index (χ0n) is 12.2. The van der Waals surface area contributed by atoms with Gasteiger partial charge in [-0.05, 0) is 30.2 Å². The number of methoxy groups -OCH3 is 1. The number of benzene rings is 1. The van der Waals surface area contributed by atoms with Gasteiger partial charge in [0.2, 0.25) is 0 Å². The van der Waals surface area contributed by atoms with Crippen LogP contribution in [0.2, 0.25) is 0 Å². The maximum absolute atomic E-state index is 11.9. The van der Waals surface area contributed by atoms with E-state index in [2.05, 4.69) is 5.32 Å². The van der Waals surface area contributed by atoms with Gasteiger partial charge in [-0.2, -0.15) is 0 Å². The topological polar surface area (TPSA) is 78.9 Å². The minimum absolute atomic E-state index is 0.217. The van der Waals surface area contributed by atoms with E-state index in [4.69, 9.17) is 9.84 Å². The van der Waals surface area contributed by atoms with E-state index >= 15 is 0 Å². The fraction of sp³-hybridized carbons (Fsp3) is 0.333. The first kappa shape index (κ1) is 16.7. The van der Waals surface area contributed by atoms with Gasteiger partial charge in [-0.1, -0.05) is 12.1 Å². The number of hydrogen-bond acceptors (Lipinski definition) is 3. The molecule has 0 saturated carbocycles. The molecule has 1 aromatic rings. The highest BCUT2D eigenvalue weighted by molar-refractivity contribution is 5.90. The normalized spacial score (nSPS) is 10.6. The number of aliphatic carboxylic acids is 1. The Balaban J connectivity index is 2.59. The molecule has 0 unspecified atom stereocenters. The maximum atomic E-state index is 11.9. The van der Waals surface area contributed by atoms with Crippen LogP contribution in [0.3, 0.4) is 0 Å². The minimum atomic E-state index is -1.01. The number of nitrogens with zero attached hydrogens (tertiary/aromatic N) is 1. The van der Waals surface area contributed by atoms with Gasteiger partial charge in [0.15, 0.2) is 0 Å². The van der Waals surface area contributed by atoms with Crippen molar-refractivity contribution in [2.24, 2.45) is 0 Å². The SMILES string of the molecule is COCCCN(C)C(=O)Nc1cccc(/C=C/C(=O)O)c1. The van der Waals surface area contributed by atoms with E-state index in [1.807, 2.05) is 0 Å². The zero-order valence-corrected chi connectivity index (χ0v) is 12.2. The van der Waals surface area contributed by atoms with Gasteiger partial charge in [-0.3, -0.25) is 0 Å². The average molecular weight is 292 g/mol. The van der Waals surface area contributed by atoms with Gasteiger partial charge in [0.05, 0.1) is 0 Å². The minimum Gasteiger partial charge on any atom is -0.478 e. The fourth-order valence-corrected chi connectivity index (χ4v) is 1.65. The molecule has 2 N–H and O–H groups in total. The third-order valence-electron chi connectivity index (χ3n) is 2.74. The quantitative estimate of drug-likeness (QED) is 0.597. The first-order chi connectivity index (χ1) is 10.0. The maximum Gasteiger partial charge on any atom is 0.328 e. The molecular weight excluding hydrogens is 272 g/mol. The molecule has 1 aromatic carbocycles. The molecule has 0 fully saturated rings. The van der Waals surface area contributed by atoms with E-state index in [1.54, 1.807) is 43.3 Å². The summed E-state index contributed by atoms with van der Waals surface area (Å²) in [4.78, 5) is 24.0. The Morgan fingerprint density at radius 3 is 2.86 bits per heavy atom. The Kier molecular flexibility index (Phi) is 6.97. The lowest BCUT2D eigenvalue weighted by atomic mass is 10.2. The molecule has 0 spiro atoms. The van der Waals surface area contributed by atoms with Crippen LogP contribution in [0.4, 0.5) is 10.5 Å². The molecule has 0 saturated heterocycles. The number of rotatable bonds is 7. The summed E-state index contributed by atoms with van der Waals surface area (Å²) < 4.78 is 4.94. The van der Waals surface area contributed by atoms with Gasteiger partial charge in [-0.25, -0.2) is 9.59 Å². The first-order valence-corrected chi connectivity index (χ1v) is 6.55. The van der Waals surface area contributed by atoms with Crippen molar-refractivity contribution in [2.45, 2.75) is 6.42 Å². The van der Waals surface area contributed by atoms with Crippen molar-refractivity contribution >= 4 is 23.8 Å². The van der Waals surface area contributed by atoms with Crippen LogP contribution in [0.5, 0.6) is 0 Å². The molecule has 2 amide bonds. The number of carbonyl (C=O) groups excluding carboxylic acids is 1. The highest BCUT2D eigenvalue weighted by atomic mass is 16.5. The molecule has 0 aliphatic carbocycles. The average Bonchev–Trinajstić information content (AvgIpc) is 2.45.